The summed E-state index contributed by atoms with van der Waals surface area (Å²) in [5, 5.41) is 5.36. The highest BCUT2D eigenvalue weighted by Crippen LogP contribution is 2.16. The minimum Gasteiger partial charge on any atom is -0.352 e. The first-order valence-corrected chi connectivity index (χ1v) is 8.15. The summed E-state index contributed by atoms with van der Waals surface area (Å²) in [6.45, 7) is 1.59. The van der Waals surface area contributed by atoms with Crippen LogP contribution in [0.3, 0.4) is 0 Å². The lowest BCUT2D eigenvalue weighted by Gasteiger charge is -2.12. The highest BCUT2D eigenvalue weighted by atomic mass is 127. The predicted molar refractivity (Wildman–Crippen MR) is 93.9 cm³/mol. The molecule has 0 bridgehead atoms. The molecule has 0 aliphatic heterocycles. The lowest BCUT2D eigenvalue weighted by molar-refractivity contribution is 0.152. The molecule has 0 saturated carbocycles. The zero-order valence-electron chi connectivity index (χ0n) is 12.6. The van der Waals surface area contributed by atoms with Crippen LogP contribution in [0, 0.1) is 6.92 Å². The quantitative estimate of drug-likeness (QED) is 0.412. The summed E-state index contributed by atoms with van der Waals surface area (Å²) >= 11 is 0. The number of nitrogens with zero attached hydrogens (tertiary/aromatic N) is 1. The van der Waals surface area contributed by atoms with Crippen LogP contribution in [0.25, 0.3) is 0 Å². The fourth-order valence-electron chi connectivity index (χ4n) is 1.82. The van der Waals surface area contributed by atoms with Crippen molar-refractivity contribution in [3.05, 3.63) is 29.3 Å². The lowest BCUT2D eigenvalue weighted by atomic mass is 10.1. The molecule has 0 amide bonds. The minimum atomic E-state index is -3.24. The summed E-state index contributed by atoms with van der Waals surface area (Å²) in [4.78, 5) is 4.10. The number of sulfone groups is 1. The Hall–Kier alpha value is -0.970. The number of rotatable bonds is 5. The van der Waals surface area contributed by atoms with Crippen LogP contribution >= 0.6 is 24.0 Å². The Kier molecular flexibility index (Phi) is 8.83. The molecule has 1 aromatic rings. The van der Waals surface area contributed by atoms with Gasteiger partial charge in [0.2, 0.25) is 0 Å². The summed E-state index contributed by atoms with van der Waals surface area (Å²) in [5.74, 6) is 0.264. The molecule has 0 aliphatic rings. The van der Waals surface area contributed by atoms with E-state index in [0.29, 0.717) is 12.1 Å². The molecule has 0 atom stereocenters. The van der Waals surface area contributed by atoms with Crippen LogP contribution in [0.4, 0.5) is 8.78 Å². The van der Waals surface area contributed by atoms with Gasteiger partial charge in [0.15, 0.2) is 15.8 Å². The number of nitrogens with one attached hydrogen (secondary N) is 2. The monoisotopic (exact) mass is 447 g/mol. The van der Waals surface area contributed by atoms with Gasteiger partial charge >= 0.3 is 0 Å². The zero-order chi connectivity index (χ0) is 16.0. The molecule has 2 N–H and O–H groups in total. The largest absolute Gasteiger partial charge is 0.352 e. The Morgan fingerprint density at radius 1 is 1.32 bits per heavy atom. The Bertz CT molecular complexity index is 622. The highest BCUT2D eigenvalue weighted by molar-refractivity contribution is 14.0. The standard InChI is InChI=1S/C13H19F2N3O2S.HI/c1-9-6-10(4-5-11(9)21(3,19)20)7-17-13(16-2)18-8-12(14)15;/h4-6,12H,7-8H2,1-3H3,(H2,16,17,18);1H. The van der Waals surface area contributed by atoms with Crippen molar-refractivity contribution >= 4 is 39.8 Å². The molecular formula is C13H20F2IN3O2S. The maximum Gasteiger partial charge on any atom is 0.255 e. The average molecular weight is 447 g/mol. The van der Waals surface area contributed by atoms with Crippen molar-refractivity contribution in [1.82, 2.24) is 10.6 Å². The Labute approximate surface area is 146 Å². The number of hydrogen-bond acceptors (Lipinski definition) is 3. The predicted octanol–water partition coefficient (Wildman–Crippen LogP) is 1.95. The fourth-order valence-corrected chi connectivity index (χ4v) is 2.78. The average Bonchev–Trinajstić information content (AvgIpc) is 2.37. The Morgan fingerprint density at radius 2 is 1.95 bits per heavy atom. The van der Waals surface area contributed by atoms with E-state index in [1.54, 1.807) is 19.1 Å². The van der Waals surface area contributed by atoms with Crippen LogP contribution in [0.15, 0.2) is 28.1 Å². The van der Waals surface area contributed by atoms with Crippen molar-refractivity contribution in [2.45, 2.75) is 24.8 Å². The van der Waals surface area contributed by atoms with E-state index in [1.165, 1.54) is 13.1 Å². The van der Waals surface area contributed by atoms with Crippen LogP contribution in [-0.4, -0.2) is 40.7 Å². The van der Waals surface area contributed by atoms with Crippen LogP contribution in [0.2, 0.25) is 0 Å². The van der Waals surface area contributed by atoms with E-state index < -0.39 is 22.8 Å². The molecule has 0 aromatic heterocycles. The summed E-state index contributed by atoms with van der Waals surface area (Å²) in [5.41, 5.74) is 1.48. The second kappa shape index (κ2) is 9.23. The van der Waals surface area contributed by atoms with E-state index in [2.05, 4.69) is 15.6 Å². The number of benzene rings is 1. The summed E-state index contributed by atoms with van der Waals surface area (Å²) < 4.78 is 47.2. The number of alkyl halides is 2. The third-order valence-electron chi connectivity index (χ3n) is 2.75. The Morgan fingerprint density at radius 3 is 2.41 bits per heavy atom. The van der Waals surface area contributed by atoms with Gasteiger partial charge in [-0.3, -0.25) is 4.99 Å². The molecule has 1 aromatic carbocycles. The van der Waals surface area contributed by atoms with Gasteiger partial charge in [-0.2, -0.15) is 0 Å². The van der Waals surface area contributed by atoms with Crippen molar-refractivity contribution < 1.29 is 17.2 Å². The molecule has 126 valence electrons. The van der Waals surface area contributed by atoms with E-state index in [1.807, 2.05) is 0 Å². The maximum absolute atomic E-state index is 12.1. The molecule has 0 fully saturated rings. The number of halogens is 3. The number of aryl methyl sites for hydroxylation is 1. The molecule has 1 rings (SSSR count). The van der Waals surface area contributed by atoms with Crippen LogP contribution < -0.4 is 10.6 Å². The first kappa shape index (κ1) is 21.0. The molecule has 5 nitrogen and oxygen atoms in total. The van der Waals surface area contributed by atoms with E-state index in [4.69, 9.17) is 0 Å². The third kappa shape index (κ3) is 6.86. The van der Waals surface area contributed by atoms with Gasteiger partial charge in [0.25, 0.3) is 6.43 Å². The molecule has 0 aliphatic carbocycles. The topological polar surface area (TPSA) is 70.6 Å². The van der Waals surface area contributed by atoms with E-state index in [0.717, 1.165) is 11.8 Å². The molecule has 0 radical (unpaired) electrons. The van der Waals surface area contributed by atoms with Crippen molar-refractivity contribution in [3.8, 4) is 0 Å². The first-order chi connectivity index (χ1) is 9.74. The lowest BCUT2D eigenvalue weighted by Crippen LogP contribution is -2.39. The smallest absolute Gasteiger partial charge is 0.255 e. The third-order valence-corrected chi connectivity index (χ3v) is 4.00. The van der Waals surface area contributed by atoms with Crippen molar-refractivity contribution in [3.63, 3.8) is 0 Å². The highest BCUT2D eigenvalue weighted by Gasteiger charge is 2.11. The summed E-state index contributed by atoms with van der Waals surface area (Å²) in [6, 6.07) is 4.96. The van der Waals surface area contributed by atoms with Crippen molar-refractivity contribution in [2.75, 3.05) is 19.8 Å². The number of guanidine groups is 1. The second-order valence-electron chi connectivity index (χ2n) is 4.57. The van der Waals surface area contributed by atoms with E-state index >= 15 is 0 Å². The molecule has 9 heteroatoms. The van der Waals surface area contributed by atoms with Gasteiger partial charge in [0, 0.05) is 19.8 Å². The van der Waals surface area contributed by atoms with Gasteiger partial charge in [-0.15, -0.1) is 24.0 Å². The van der Waals surface area contributed by atoms with Crippen LogP contribution in [0.5, 0.6) is 0 Å². The van der Waals surface area contributed by atoms with Gasteiger partial charge < -0.3 is 10.6 Å². The van der Waals surface area contributed by atoms with Crippen LogP contribution in [0.1, 0.15) is 11.1 Å². The van der Waals surface area contributed by atoms with Gasteiger partial charge in [-0.25, -0.2) is 17.2 Å². The molecule has 22 heavy (non-hydrogen) atoms. The minimum absolute atomic E-state index is 0. The molecular weight excluding hydrogens is 427 g/mol. The normalized spacial score (nSPS) is 12.0. The van der Waals surface area contributed by atoms with Gasteiger partial charge in [-0.05, 0) is 24.1 Å². The summed E-state index contributed by atoms with van der Waals surface area (Å²) in [6.07, 6.45) is -1.30. The van der Waals surface area contributed by atoms with Gasteiger partial charge in [0.05, 0.1) is 11.4 Å². The fraction of sp³-hybridized carbons (Fsp3) is 0.462. The zero-order valence-corrected chi connectivity index (χ0v) is 15.7. The maximum atomic E-state index is 12.1. The van der Waals surface area contributed by atoms with E-state index in [-0.39, 0.29) is 34.8 Å². The van der Waals surface area contributed by atoms with Gasteiger partial charge in [-0.1, -0.05) is 12.1 Å². The second-order valence-corrected chi connectivity index (χ2v) is 6.55. The molecule has 0 heterocycles. The molecule has 0 saturated heterocycles. The Balaban J connectivity index is 0.00000441. The molecule has 0 spiro atoms. The van der Waals surface area contributed by atoms with E-state index in [9.17, 15) is 17.2 Å². The van der Waals surface area contributed by atoms with Crippen molar-refractivity contribution in [1.29, 1.82) is 0 Å². The van der Waals surface area contributed by atoms with Crippen molar-refractivity contribution in [2.24, 2.45) is 4.99 Å². The van der Waals surface area contributed by atoms with Crippen LogP contribution in [-0.2, 0) is 16.4 Å². The summed E-state index contributed by atoms with van der Waals surface area (Å²) in [7, 11) is -1.76. The molecule has 0 unspecified atom stereocenters. The number of aliphatic imine (C=N–C) groups is 1. The SMILES string of the molecule is CN=C(NCc1ccc(S(C)(=O)=O)c(C)c1)NCC(F)F.I. The first-order valence-electron chi connectivity index (χ1n) is 6.26. The number of hydrogen-bond donors (Lipinski definition) is 2. The van der Waals surface area contributed by atoms with Gasteiger partial charge in [0.1, 0.15) is 0 Å².